The molecule has 1 aromatic rings. The van der Waals surface area contributed by atoms with E-state index < -0.39 is 0 Å². The fraction of sp³-hybridized carbons (Fsp3) is 0.500. The maximum Gasteiger partial charge on any atom is 0.131 e. The minimum Gasteiger partial charge on any atom is -0.241 e. The van der Waals surface area contributed by atoms with E-state index >= 15 is 0 Å². The van der Waals surface area contributed by atoms with Crippen LogP contribution in [0, 0.1) is 11.3 Å². The van der Waals surface area contributed by atoms with Crippen LogP contribution < -0.4 is 0 Å². The molecule has 1 atom stereocenters. The normalized spacial score (nSPS) is 12.5. The third-order valence-corrected chi connectivity index (χ3v) is 1.85. The molecule has 1 aromatic heterocycles. The SMILES string of the molecule is CC(C)c1nccc(C(C)C#N)n1. The Morgan fingerprint density at radius 2 is 2.08 bits per heavy atom. The van der Waals surface area contributed by atoms with E-state index in [1.54, 1.807) is 12.3 Å². The Bertz CT molecular complexity index is 325. The Morgan fingerprint density at radius 1 is 1.38 bits per heavy atom. The zero-order valence-electron chi connectivity index (χ0n) is 8.15. The van der Waals surface area contributed by atoms with Crippen LogP contribution in [0.4, 0.5) is 0 Å². The molecular weight excluding hydrogens is 162 g/mol. The molecule has 0 aliphatic heterocycles. The monoisotopic (exact) mass is 175 g/mol. The molecule has 0 bridgehead atoms. The van der Waals surface area contributed by atoms with Crippen molar-refractivity contribution in [3.05, 3.63) is 23.8 Å². The summed E-state index contributed by atoms with van der Waals surface area (Å²) in [5.41, 5.74) is 0.807. The van der Waals surface area contributed by atoms with Crippen LogP contribution in [0.5, 0.6) is 0 Å². The van der Waals surface area contributed by atoms with Crippen molar-refractivity contribution in [1.82, 2.24) is 9.97 Å². The third-order valence-electron chi connectivity index (χ3n) is 1.85. The topological polar surface area (TPSA) is 49.6 Å². The molecule has 0 spiro atoms. The first kappa shape index (κ1) is 9.66. The maximum absolute atomic E-state index is 8.71. The van der Waals surface area contributed by atoms with Crippen LogP contribution in [0.2, 0.25) is 0 Å². The van der Waals surface area contributed by atoms with Crippen molar-refractivity contribution >= 4 is 0 Å². The minimum atomic E-state index is -0.152. The fourth-order valence-corrected chi connectivity index (χ4v) is 0.974. The van der Waals surface area contributed by atoms with Crippen LogP contribution in [0.3, 0.4) is 0 Å². The van der Waals surface area contributed by atoms with Crippen LogP contribution in [-0.2, 0) is 0 Å². The Morgan fingerprint density at radius 3 is 2.62 bits per heavy atom. The van der Waals surface area contributed by atoms with Crippen molar-refractivity contribution in [3.8, 4) is 6.07 Å². The lowest BCUT2D eigenvalue weighted by molar-refractivity contribution is 0.748. The zero-order chi connectivity index (χ0) is 9.84. The van der Waals surface area contributed by atoms with E-state index in [0.717, 1.165) is 11.5 Å². The number of nitriles is 1. The number of hydrogen-bond donors (Lipinski definition) is 0. The molecule has 0 saturated carbocycles. The summed E-state index contributed by atoms with van der Waals surface area (Å²) in [6, 6.07) is 3.95. The van der Waals surface area contributed by atoms with E-state index in [2.05, 4.69) is 16.0 Å². The van der Waals surface area contributed by atoms with E-state index in [1.165, 1.54) is 0 Å². The molecule has 68 valence electrons. The average Bonchev–Trinajstić information content (AvgIpc) is 2.17. The van der Waals surface area contributed by atoms with Gasteiger partial charge in [-0.3, -0.25) is 0 Å². The molecule has 13 heavy (non-hydrogen) atoms. The number of rotatable bonds is 2. The Hall–Kier alpha value is -1.43. The van der Waals surface area contributed by atoms with Gasteiger partial charge in [-0.25, -0.2) is 9.97 Å². The zero-order valence-corrected chi connectivity index (χ0v) is 8.15. The van der Waals surface area contributed by atoms with Crippen LogP contribution in [0.25, 0.3) is 0 Å². The van der Waals surface area contributed by atoms with Crippen LogP contribution >= 0.6 is 0 Å². The molecule has 0 N–H and O–H groups in total. The Balaban J connectivity index is 3.00. The highest BCUT2D eigenvalue weighted by molar-refractivity contribution is 5.15. The third kappa shape index (κ3) is 2.25. The van der Waals surface area contributed by atoms with Crippen LogP contribution in [0.1, 0.15) is 44.1 Å². The van der Waals surface area contributed by atoms with E-state index in [9.17, 15) is 0 Å². The quantitative estimate of drug-likeness (QED) is 0.692. The molecule has 0 aliphatic carbocycles. The number of aromatic nitrogens is 2. The van der Waals surface area contributed by atoms with Gasteiger partial charge >= 0.3 is 0 Å². The van der Waals surface area contributed by atoms with Gasteiger partial charge in [0, 0.05) is 12.1 Å². The first-order valence-corrected chi connectivity index (χ1v) is 4.37. The fourth-order valence-electron chi connectivity index (χ4n) is 0.974. The Kier molecular flexibility index (Phi) is 2.97. The predicted octanol–water partition coefficient (Wildman–Crippen LogP) is 2.23. The molecular formula is C10H13N3. The van der Waals surface area contributed by atoms with Gasteiger partial charge in [-0.1, -0.05) is 13.8 Å². The summed E-state index contributed by atoms with van der Waals surface area (Å²) >= 11 is 0. The molecule has 0 radical (unpaired) electrons. The summed E-state index contributed by atoms with van der Waals surface area (Å²) in [5.74, 6) is 0.964. The molecule has 1 rings (SSSR count). The van der Waals surface area contributed by atoms with Gasteiger partial charge in [-0.2, -0.15) is 5.26 Å². The van der Waals surface area contributed by atoms with Gasteiger partial charge in [-0.05, 0) is 13.0 Å². The van der Waals surface area contributed by atoms with Crippen molar-refractivity contribution in [2.75, 3.05) is 0 Å². The number of hydrogen-bond acceptors (Lipinski definition) is 3. The van der Waals surface area contributed by atoms with E-state index in [-0.39, 0.29) is 5.92 Å². The molecule has 0 aliphatic rings. The predicted molar refractivity (Wildman–Crippen MR) is 50.1 cm³/mol. The lowest BCUT2D eigenvalue weighted by Gasteiger charge is -2.06. The Labute approximate surface area is 78.5 Å². The van der Waals surface area contributed by atoms with Gasteiger partial charge in [0.2, 0.25) is 0 Å². The molecule has 3 nitrogen and oxygen atoms in total. The smallest absolute Gasteiger partial charge is 0.131 e. The standard InChI is InChI=1S/C10H13N3/c1-7(2)10-12-5-4-9(13-10)8(3)6-11/h4-5,7-8H,1-3H3. The highest BCUT2D eigenvalue weighted by atomic mass is 14.9. The maximum atomic E-state index is 8.71. The van der Waals surface area contributed by atoms with Gasteiger partial charge in [-0.15, -0.1) is 0 Å². The minimum absolute atomic E-state index is 0.152. The van der Waals surface area contributed by atoms with Crippen molar-refractivity contribution in [2.45, 2.75) is 32.6 Å². The lowest BCUT2D eigenvalue weighted by atomic mass is 10.1. The van der Waals surface area contributed by atoms with Gasteiger partial charge in [0.25, 0.3) is 0 Å². The van der Waals surface area contributed by atoms with Gasteiger partial charge in [0.05, 0.1) is 17.7 Å². The van der Waals surface area contributed by atoms with Crippen LogP contribution in [-0.4, -0.2) is 9.97 Å². The van der Waals surface area contributed by atoms with E-state index in [0.29, 0.717) is 5.92 Å². The highest BCUT2D eigenvalue weighted by Crippen LogP contribution is 2.14. The molecule has 0 fully saturated rings. The molecule has 1 heterocycles. The summed E-state index contributed by atoms with van der Waals surface area (Å²) < 4.78 is 0. The van der Waals surface area contributed by atoms with Crippen LogP contribution in [0.15, 0.2) is 12.3 Å². The summed E-state index contributed by atoms with van der Waals surface area (Å²) in [4.78, 5) is 8.44. The lowest BCUT2D eigenvalue weighted by Crippen LogP contribution is -2.02. The van der Waals surface area contributed by atoms with Gasteiger partial charge in [0.1, 0.15) is 5.82 Å². The summed E-state index contributed by atoms with van der Waals surface area (Å²) in [6.45, 7) is 5.92. The van der Waals surface area contributed by atoms with Crippen molar-refractivity contribution in [3.63, 3.8) is 0 Å². The van der Waals surface area contributed by atoms with Crippen molar-refractivity contribution in [2.24, 2.45) is 0 Å². The van der Waals surface area contributed by atoms with Crippen molar-refractivity contribution < 1.29 is 0 Å². The van der Waals surface area contributed by atoms with E-state index in [4.69, 9.17) is 5.26 Å². The second-order valence-electron chi connectivity index (χ2n) is 3.35. The van der Waals surface area contributed by atoms with Gasteiger partial charge < -0.3 is 0 Å². The highest BCUT2D eigenvalue weighted by Gasteiger charge is 2.08. The average molecular weight is 175 g/mol. The summed E-state index contributed by atoms with van der Waals surface area (Å²) in [5, 5.41) is 8.71. The molecule has 0 saturated heterocycles. The summed E-state index contributed by atoms with van der Waals surface area (Å²) in [7, 11) is 0. The number of nitrogens with zero attached hydrogens (tertiary/aromatic N) is 3. The van der Waals surface area contributed by atoms with Crippen molar-refractivity contribution in [1.29, 1.82) is 5.26 Å². The molecule has 0 aromatic carbocycles. The van der Waals surface area contributed by atoms with E-state index in [1.807, 2.05) is 20.8 Å². The largest absolute Gasteiger partial charge is 0.241 e. The second-order valence-corrected chi connectivity index (χ2v) is 3.35. The second kappa shape index (κ2) is 3.99. The van der Waals surface area contributed by atoms with Gasteiger partial charge in [0.15, 0.2) is 0 Å². The summed E-state index contributed by atoms with van der Waals surface area (Å²) in [6.07, 6.45) is 1.71. The molecule has 3 heteroatoms. The first-order chi connectivity index (χ1) is 6.15. The first-order valence-electron chi connectivity index (χ1n) is 4.37. The molecule has 1 unspecified atom stereocenters. The molecule has 0 amide bonds.